The largest absolute Gasteiger partial charge is 0.390 e. The minimum Gasteiger partial charge on any atom is -0.390 e. The summed E-state index contributed by atoms with van der Waals surface area (Å²) in [6.07, 6.45) is 2.60. The van der Waals surface area contributed by atoms with Crippen LogP contribution in [0.15, 0.2) is 21.4 Å². The Bertz CT molecular complexity index is 857. The first-order valence-electron chi connectivity index (χ1n) is 8.58. The van der Waals surface area contributed by atoms with E-state index >= 15 is 0 Å². The molecule has 136 valence electrons. The number of aliphatic hydroxyl groups is 1. The van der Waals surface area contributed by atoms with E-state index in [4.69, 9.17) is 0 Å². The Hall–Kier alpha value is -1.67. The molecule has 6 nitrogen and oxygen atoms in total. The third kappa shape index (κ3) is 3.01. The van der Waals surface area contributed by atoms with Crippen LogP contribution in [0.25, 0.3) is 0 Å². The number of halogens is 1. The predicted molar refractivity (Wildman–Crippen MR) is 94.0 cm³/mol. The fourth-order valence-corrected chi connectivity index (χ4v) is 4.79. The predicted octanol–water partition coefficient (Wildman–Crippen LogP) is 2.35. The summed E-state index contributed by atoms with van der Waals surface area (Å²) in [5.74, 6) is 0.0428. The Labute approximate surface area is 146 Å². The molecule has 2 fully saturated rings. The number of rotatable bonds is 3. The molecule has 1 aromatic rings. The molecule has 0 radical (unpaired) electrons. The zero-order valence-electron chi connectivity index (χ0n) is 14.3. The molecule has 1 saturated carbocycles. The van der Waals surface area contributed by atoms with Crippen molar-refractivity contribution in [1.29, 1.82) is 0 Å². The van der Waals surface area contributed by atoms with Crippen LogP contribution in [0.1, 0.15) is 33.1 Å². The van der Waals surface area contributed by atoms with Gasteiger partial charge in [0, 0.05) is 24.9 Å². The van der Waals surface area contributed by atoms with Gasteiger partial charge in [-0.2, -0.15) is 8.42 Å². The van der Waals surface area contributed by atoms with E-state index in [9.17, 15) is 17.9 Å². The number of nitrogens with zero attached hydrogens (tertiary/aromatic N) is 2. The molecule has 0 aromatic heterocycles. The van der Waals surface area contributed by atoms with Gasteiger partial charge in [0.25, 0.3) is 10.0 Å². The average Bonchev–Trinajstić information content (AvgIpc) is 3.22. The topological polar surface area (TPSA) is 82.0 Å². The number of benzene rings is 1. The van der Waals surface area contributed by atoms with Crippen molar-refractivity contribution in [2.24, 2.45) is 16.2 Å². The van der Waals surface area contributed by atoms with Crippen LogP contribution in [0.5, 0.6) is 0 Å². The average molecular weight is 367 g/mol. The number of nitrogens with one attached hydrogen (secondary N) is 1. The summed E-state index contributed by atoms with van der Waals surface area (Å²) in [7, 11) is -3.90. The van der Waals surface area contributed by atoms with Crippen molar-refractivity contribution >= 4 is 27.2 Å². The van der Waals surface area contributed by atoms with Crippen molar-refractivity contribution in [2.75, 3.05) is 23.3 Å². The van der Waals surface area contributed by atoms with Crippen LogP contribution in [-0.2, 0) is 10.0 Å². The van der Waals surface area contributed by atoms with Crippen LogP contribution >= 0.6 is 0 Å². The summed E-state index contributed by atoms with van der Waals surface area (Å²) >= 11 is 0. The van der Waals surface area contributed by atoms with Gasteiger partial charge in [-0.25, -0.2) is 4.39 Å². The SMILES string of the molecule is CC(C)(O)[C@@H]1CCN(c2cc(F)cc3c2NC(C2CC2)=NS3(=O)=O)C1. The van der Waals surface area contributed by atoms with Crippen molar-refractivity contribution < 1.29 is 17.9 Å². The monoisotopic (exact) mass is 367 g/mol. The van der Waals surface area contributed by atoms with Crippen molar-refractivity contribution in [1.82, 2.24) is 0 Å². The molecule has 2 N–H and O–H groups in total. The van der Waals surface area contributed by atoms with E-state index in [0.29, 0.717) is 30.3 Å². The molecular formula is C17H22FN3O3S. The second-order valence-electron chi connectivity index (χ2n) is 7.73. The first-order chi connectivity index (χ1) is 11.6. The van der Waals surface area contributed by atoms with E-state index in [1.54, 1.807) is 13.8 Å². The Morgan fingerprint density at radius 3 is 2.64 bits per heavy atom. The highest BCUT2D eigenvalue weighted by molar-refractivity contribution is 7.90. The van der Waals surface area contributed by atoms with Crippen molar-refractivity contribution in [3.63, 3.8) is 0 Å². The maximum absolute atomic E-state index is 14.1. The Morgan fingerprint density at radius 1 is 1.32 bits per heavy atom. The number of fused-ring (bicyclic) bond motifs is 1. The minimum atomic E-state index is -3.90. The van der Waals surface area contributed by atoms with Crippen LogP contribution in [0.2, 0.25) is 0 Å². The molecule has 4 rings (SSSR count). The Morgan fingerprint density at radius 2 is 2.04 bits per heavy atom. The zero-order chi connectivity index (χ0) is 18.0. The lowest BCUT2D eigenvalue weighted by Crippen LogP contribution is -2.34. The molecule has 2 heterocycles. The molecule has 1 aliphatic carbocycles. The number of amidine groups is 1. The highest BCUT2D eigenvalue weighted by Crippen LogP contribution is 2.43. The number of anilines is 2. The van der Waals surface area contributed by atoms with Crippen molar-refractivity contribution in [3.8, 4) is 0 Å². The van der Waals surface area contributed by atoms with Gasteiger partial charge in [-0.1, -0.05) is 0 Å². The van der Waals surface area contributed by atoms with Crippen LogP contribution in [0.4, 0.5) is 15.8 Å². The molecule has 0 spiro atoms. The van der Waals surface area contributed by atoms with Crippen LogP contribution < -0.4 is 10.2 Å². The highest BCUT2D eigenvalue weighted by Gasteiger charge is 2.39. The van der Waals surface area contributed by atoms with Gasteiger partial charge < -0.3 is 15.3 Å². The lowest BCUT2D eigenvalue weighted by Gasteiger charge is -2.29. The third-order valence-corrected chi connectivity index (χ3v) is 6.60. The zero-order valence-corrected chi connectivity index (χ0v) is 15.1. The van der Waals surface area contributed by atoms with E-state index in [0.717, 1.165) is 25.3 Å². The van der Waals surface area contributed by atoms with Gasteiger partial charge in [-0.3, -0.25) is 0 Å². The van der Waals surface area contributed by atoms with E-state index in [1.807, 2.05) is 4.90 Å². The molecule has 1 aromatic carbocycles. The smallest absolute Gasteiger partial charge is 0.286 e. The van der Waals surface area contributed by atoms with E-state index in [-0.39, 0.29) is 16.7 Å². The number of hydrogen-bond acceptors (Lipinski definition) is 5. The van der Waals surface area contributed by atoms with Crippen molar-refractivity contribution in [2.45, 2.75) is 43.6 Å². The Kier molecular flexibility index (Phi) is 3.63. The van der Waals surface area contributed by atoms with Gasteiger partial charge in [-0.05, 0) is 45.2 Å². The van der Waals surface area contributed by atoms with Gasteiger partial charge >= 0.3 is 0 Å². The summed E-state index contributed by atoms with van der Waals surface area (Å²) in [5.41, 5.74) is 0.107. The normalized spacial score (nSPS) is 25.4. The van der Waals surface area contributed by atoms with Gasteiger partial charge in [0.05, 0.1) is 17.0 Å². The summed E-state index contributed by atoms with van der Waals surface area (Å²) in [6.45, 7) is 4.73. The first kappa shape index (κ1) is 16.8. The molecule has 25 heavy (non-hydrogen) atoms. The number of sulfonamides is 1. The van der Waals surface area contributed by atoms with Crippen LogP contribution in [-0.4, -0.2) is 38.1 Å². The molecule has 1 saturated heterocycles. The quantitative estimate of drug-likeness (QED) is 0.857. The maximum Gasteiger partial charge on any atom is 0.286 e. The molecule has 0 unspecified atom stereocenters. The Balaban J connectivity index is 1.75. The standard InChI is InChI=1S/C17H22FN3O3S/c1-17(2,22)11-5-6-21(9-11)13-7-12(18)8-14-15(13)19-16(10-3-4-10)20-25(14,23)24/h7-8,10-11,22H,3-6,9H2,1-2H3,(H,19,20)/t11-/m1/s1. The minimum absolute atomic E-state index is 0.0446. The van der Waals surface area contributed by atoms with Crippen molar-refractivity contribution in [3.05, 3.63) is 17.9 Å². The molecule has 8 heteroatoms. The van der Waals surface area contributed by atoms with Gasteiger partial charge in [0.1, 0.15) is 16.5 Å². The summed E-state index contributed by atoms with van der Waals surface area (Å²) in [5, 5.41) is 13.4. The van der Waals surface area contributed by atoms with E-state index in [1.165, 1.54) is 6.07 Å². The molecule has 0 amide bonds. The molecule has 1 atom stereocenters. The molecule has 0 bridgehead atoms. The summed E-state index contributed by atoms with van der Waals surface area (Å²) in [4.78, 5) is 1.83. The lowest BCUT2D eigenvalue weighted by atomic mass is 9.90. The van der Waals surface area contributed by atoms with E-state index < -0.39 is 21.4 Å². The summed E-state index contributed by atoms with van der Waals surface area (Å²) < 4.78 is 43.0. The van der Waals surface area contributed by atoms with E-state index in [2.05, 4.69) is 9.71 Å². The van der Waals surface area contributed by atoms with Gasteiger partial charge in [-0.15, -0.1) is 4.40 Å². The third-order valence-electron chi connectivity index (χ3n) is 5.29. The lowest BCUT2D eigenvalue weighted by molar-refractivity contribution is 0.0263. The van der Waals surface area contributed by atoms with Crippen LogP contribution in [0, 0.1) is 17.7 Å². The number of hydrogen-bond donors (Lipinski definition) is 2. The summed E-state index contributed by atoms with van der Waals surface area (Å²) in [6, 6.07) is 2.39. The molecule has 3 aliphatic rings. The first-order valence-corrected chi connectivity index (χ1v) is 10.0. The fraction of sp³-hybridized carbons (Fsp3) is 0.588. The van der Waals surface area contributed by atoms with Crippen LogP contribution in [0.3, 0.4) is 0 Å². The fourth-order valence-electron chi connectivity index (χ4n) is 3.57. The molecular weight excluding hydrogens is 345 g/mol. The highest BCUT2D eigenvalue weighted by atomic mass is 32.2. The second kappa shape index (κ2) is 5.41. The molecule has 2 aliphatic heterocycles. The maximum atomic E-state index is 14.1. The van der Waals surface area contributed by atoms with Gasteiger partial charge in [0.15, 0.2) is 0 Å². The second-order valence-corrected chi connectivity index (χ2v) is 9.31. The van der Waals surface area contributed by atoms with Gasteiger partial charge in [0.2, 0.25) is 0 Å².